The molecular weight excluding hydrogens is 268 g/mol. The second-order valence-electron chi connectivity index (χ2n) is 4.93. The minimum absolute atomic E-state index is 0.265. The van der Waals surface area contributed by atoms with Gasteiger partial charge in [-0.15, -0.1) is 0 Å². The van der Waals surface area contributed by atoms with Gasteiger partial charge < -0.3 is 11.1 Å². The highest BCUT2D eigenvalue weighted by atomic mass is 32.1. The predicted octanol–water partition coefficient (Wildman–Crippen LogP) is 2.73. The number of nitrogens with zero attached hydrogens (tertiary/aromatic N) is 2. The van der Waals surface area contributed by atoms with E-state index in [9.17, 15) is 0 Å². The van der Waals surface area contributed by atoms with E-state index in [-0.39, 0.29) is 4.99 Å². The molecule has 0 atom stereocenters. The smallest absolute Gasteiger partial charge is 0.148 e. The van der Waals surface area contributed by atoms with Crippen molar-refractivity contribution in [1.29, 1.82) is 0 Å². The molecule has 1 aliphatic rings. The third-order valence-electron chi connectivity index (χ3n) is 3.56. The molecule has 0 bridgehead atoms. The number of benzene rings is 1. The number of nitrogens with two attached hydrogens (primary N) is 1. The lowest BCUT2D eigenvalue weighted by Gasteiger charge is -2.19. The van der Waals surface area contributed by atoms with Gasteiger partial charge in [0.2, 0.25) is 0 Å². The number of hydrogen-bond acceptors (Lipinski definition) is 4. The third-order valence-corrected chi connectivity index (χ3v) is 3.77. The van der Waals surface area contributed by atoms with Gasteiger partial charge in [-0.1, -0.05) is 24.4 Å². The van der Waals surface area contributed by atoms with Crippen LogP contribution in [0.2, 0.25) is 0 Å². The van der Waals surface area contributed by atoms with E-state index in [1.54, 1.807) is 12.4 Å². The third kappa shape index (κ3) is 2.63. The van der Waals surface area contributed by atoms with Crippen LogP contribution in [0.25, 0.3) is 0 Å². The van der Waals surface area contributed by atoms with Crippen molar-refractivity contribution in [3.05, 3.63) is 47.4 Å². The lowest BCUT2D eigenvalue weighted by atomic mass is 9.90. The average molecular weight is 284 g/mol. The molecule has 0 aliphatic heterocycles. The molecular formula is C15H16N4S. The Hall–Kier alpha value is -2.01. The van der Waals surface area contributed by atoms with Gasteiger partial charge in [0.1, 0.15) is 16.5 Å². The van der Waals surface area contributed by atoms with Crippen LogP contribution in [0.5, 0.6) is 0 Å². The van der Waals surface area contributed by atoms with Crippen molar-refractivity contribution in [3.63, 3.8) is 0 Å². The summed E-state index contributed by atoms with van der Waals surface area (Å²) in [6, 6.07) is 6.39. The number of fused-ring (bicyclic) bond motifs is 1. The Labute approximate surface area is 123 Å². The van der Waals surface area contributed by atoms with Crippen LogP contribution in [0.3, 0.4) is 0 Å². The van der Waals surface area contributed by atoms with Crippen molar-refractivity contribution in [1.82, 2.24) is 9.97 Å². The molecule has 102 valence electrons. The van der Waals surface area contributed by atoms with Crippen LogP contribution in [0.1, 0.15) is 29.7 Å². The van der Waals surface area contributed by atoms with E-state index in [1.807, 2.05) is 0 Å². The molecule has 20 heavy (non-hydrogen) atoms. The monoisotopic (exact) mass is 284 g/mol. The van der Waals surface area contributed by atoms with E-state index < -0.39 is 0 Å². The minimum Gasteiger partial charge on any atom is -0.388 e. The first-order chi connectivity index (χ1) is 9.74. The van der Waals surface area contributed by atoms with Crippen molar-refractivity contribution < 1.29 is 0 Å². The molecule has 4 nitrogen and oxygen atoms in total. The molecule has 0 unspecified atom stereocenters. The standard InChI is InChI=1S/C15H16N4S/c16-15(20)13-8-18-14(9-17-13)19-12-7-3-5-10-4-1-2-6-11(10)12/h3,5,7-9H,1-2,4,6H2,(H2,16,20)(H,18,19). The van der Waals surface area contributed by atoms with Gasteiger partial charge in [-0.3, -0.25) is 0 Å². The van der Waals surface area contributed by atoms with Crippen LogP contribution < -0.4 is 11.1 Å². The van der Waals surface area contributed by atoms with Gasteiger partial charge >= 0.3 is 0 Å². The average Bonchev–Trinajstić information content (AvgIpc) is 2.48. The van der Waals surface area contributed by atoms with Gasteiger partial charge in [-0.2, -0.15) is 0 Å². The summed E-state index contributed by atoms with van der Waals surface area (Å²) in [4.78, 5) is 8.76. The Balaban J connectivity index is 1.86. The zero-order valence-corrected chi connectivity index (χ0v) is 11.9. The molecule has 0 spiro atoms. The molecule has 2 aromatic rings. The summed E-state index contributed by atoms with van der Waals surface area (Å²) in [5, 5.41) is 3.34. The summed E-state index contributed by atoms with van der Waals surface area (Å²) < 4.78 is 0. The van der Waals surface area contributed by atoms with E-state index in [1.165, 1.54) is 24.0 Å². The fraction of sp³-hybridized carbons (Fsp3) is 0.267. The van der Waals surface area contributed by atoms with Crippen LogP contribution in [-0.2, 0) is 12.8 Å². The number of nitrogens with one attached hydrogen (secondary N) is 1. The normalized spacial score (nSPS) is 13.6. The van der Waals surface area contributed by atoms with Gasteiger partial charge in [-0.05, 0) is 42.9 Å². The number of aryl methyl sites for hydroxylation is 1. The fourth-order valence-corrected chi connectivity index (χ4v) is 2.66. The van der Waals surface area contributed by atoms with Crippen LogP contribution in [0.15, 0.2) is 30.6 Å². The molecule has 0 saturated heterocycles. The van der Waals surface area contributed by atoms with Gasteiger partial charge in [0, 0.05) is 5.69 Å². The lowest BCUT2D eigenvalue weighted by Crippen LogP contribution is -2.12. The van der Waals surface area contributed by atoms with Crippen molar-refractivity contribution in [2.45, 2.75) is 25.7 Å². The van der Waals surface area contributed by atoms with E-state index in [0.29, 0.717) is 11.5 Å². The van der Waals surface area contributed by atoms with Gasteiger partial charge in [0.05, 0.1) is 12.4 Å². The van der Waals surface area contributed by atoms with Crippen molar-refractivity contribution >= 4 is 28.7 Å². The Morgan fingerprint density at radius 2 is 2.00 bits per heavy atom. The Kier molecular flexibility index (Phi) is 3.60. The molecule has 0 saturated carbocycles. The number of rotatable bonds is 3. The topological polar surface area (TPSA) is 63.8 Å². The zero-order valence-electron chi connectivity index (χ0n) is 11.1. The summed E-state index contributed by atoms with van der Waals surface area (Å²) in [6.07, 6.45) is 8.07. The van der Waals surface area contributed by atoms with Crippen molar-refractivity contribution in [3.8, 4) is 0 Å². The van der Waals surface area contributed by atoms with E-state index in [0.717, 1.165) is 18.5 Å². The second kappa shape index (κ2) is 5.54. The van der Waals surface area contributed by atoms with E-state index >= 15 is 0 Å². The fourth-order valence-electron chi connectivity index (χ4n) is 2.56. The highest BCUT2D eigenvalue weighted by Gasteiger charge is 2.13. The van der Waals surface area contributed by atoms with Crippen molar-refractivity contribution in [2.75, 3.05) is 5.32 Å². The summed E-state index contributed by atoms with van der Waals surface area (Å²) in [6.45, 7) is 0. The highest BCUT2D eigenvalue weighted by molar-refractivity contribution is 7.80. The van der Waals surface area contributed by atoms with Gasteiger partial charge in [-0.25, -0.2) is 9.97 Å². The first-order valence-electron chi connectivity index (χ1n) is 6.73. The maximum absolute atomic E-state index is 5.52. The minimum atomic E-state index is 0.265. The number of hydrogen-bond donors (Lipinski definition) is 2. The molecule has 0 fully saturated rings. The zero-order chi connectivity index (χ0) is 13.9. The number of aromatic nitrogens is 2. The van der Waals surface area contributed by atoms with E-state index in [2.05, 4.69) is 33.5 Å². The molecule has 0 amide bonds. The van der Waals surface area contributed by atoms with E-state index in [4.69, 9.17) is 18.0 Å². The molecule has 1 aliphatic carbocycles. The maximum atomic E-state index is 5.52. The Morgan fingerprint density at radius 1 is 1.15 bits per heavy atom. The van der Waals surface area contributed by atoms with Crippen LogP contribution in [0, 0.1) is 0 Å². The number of anilines is 2. The quantitative estimate of drug-likeness (QED) is 0.849. The summed E-state index contributed by atoms with van der Waals surface area (Å²) in [5.41, 5.74) is 10.0. The molecule has 1 heterocycles. The molecule has 3 N–H and O–H groups in total. The molecule has 0 radical (unpaired) electrons. The summed E-state index contributed by atoms with van der Waals surface area (Å²) >= 11 is 4.87. The van der Waals surface area contributed by atoms with Gasteiger partial charge in [0.25, 0.3) is 0 Å². The molecule has 3 rings (SSSR count). The first-order valence-corrected chi connectivity index (χ1v) is 7.14. The Morgan fingerprint density at radius 3 is 2.75 bits per heavy atom. The summed E-state index contributed by atoms with van der Waals surface area (Å²) in [5.74, 6) is 0.712. The molecule has 1 aromatic heterocycles. The second-order valence-corrected chi connectivity index (χ2v) is 5.37. The largest absolute Gasteiger partial charge is 0.388 e. The van der Waals surface area contributed by atoms with Crippen LogP contribution >= 0.6 is 12.2 Å². The molecule has 5 heteroatoms. The van der Waals surface area contributed by atoms with Gasteiger partial charge in [0.15, 0.2) is 0 Å². The summed E-state index contributed by atoms with van der Waals surface area (Å²) in [7, 11) is 0. The lowest BCUT2D eigenvalue weighted by molar-refractivity contribution is 0.687. The van der Waals surface area contributed by atoms with Crippen molar-refractivity contribution in [2.24, 2.45) is 5.73 Å². The highest BCUT2D eigenvalue weighted by Crippen LogP contribution is 2.29. The SMILES string of the molecule is NC(=S)c1cnc(Nc2cccc3c2CCCC3)cn1. The first kappa shape index (κ1) is 13.0. The van der Waals surface area contributed by atoms with Crippen LogP contribution in [0.4, 0.5) is 11.5 Å². The predicted molar refractivity (Wildman–Crippen MR) is 84.3 cm³/mol. The van der Waals surface area contributed by atoms with Crippen LogP contribution in [-0.4, -0.2) is 15.0 Å². The maximum Gasteiger partial charge on any atom is 0.148 e. The number of thiocarbonyl (C=S) groups is 1. The Bertz CT molecular complexity index is 637. The molecule has 1 aromatic carbocycles.